The SMILES string of the molecule is Cc1cc(C)c(C(=O)Cc2ccc3c(c2)B(O)OCC3)cn1. The molecule has 1 aliphatic rings. The van der Waals surface area contributed by atoms with Crippen molar-refractivity contribution in [2.75, 3.05) is 6.61 Å². The highest BCUT2D eigenvalue weighted by atomic mass is 16.5. The fourth-order valence-electron chi connectivity index (χ4n) is 2.85. The molecular weight excluding hydrogens is 277 g/mol. The normalized spacial score (nSPS) is 13.9. The molecule has 0 fully saturated rings. The highest BCUT2D eigenvalue weighted by Gasteiger charge is 2.25. The first-order valence-electron chi connectivity index (χ1n) is 7.42. The number of aryl methyl sites for hydroxylation is 2. The zero-order chi connectivity index (χ0) is 15.7. The van der Waals surface area contributed by atoms with Gasteiger partial charge >= 0.3 is 7.12 Å². The summed E-state index contributed by atoms with van der Waals surface area (Å²) in [6, 6.07) is 7.71. The van der Waals surface area contributed by atoms with Crippen molar-refractivity contribution in [1.29, 1.82) is 0 Å². The number of nitrogens with zero attached hydrogens (tertiary/aromatic N) is 1. The van der Waals surface area contributed by atoms with Gasteiger partial charge in [-0.3, -0.25) is 9.78 Å². The fourth-order valence-corrected chi connectivity index (χ4v) is 2.85. The Hall–Kier alpha value is -1.98. The van der Waals surface area contributed by atoms with Crippen molar-refractivity contribution >= 4 is 18.4 Å². The molecule has 0 saturated heterocycles. The molecule has 112 valence electrons. The molecule has 0 amide bonds. The Bertz CT molecular complexity index is 730. The highest BCUT2D eigenvalue weighted by Crippen LogP contribution is 2.14. The van der Waals surface area contributed by atoms with Gasteiger partial charge in [0.2, 0.25) is 0 Å². The lowest BCUT2D eigenvalue weighted by atomic mass is 9.72. The second kappa shape index (κ2) is 6.03. The molecular formula is C17H18BNO3. The number of hydrogen-bond donors (Lipinski definition) is 1. The molecule has 1 N–H and O–H groups in total. The van der Waals surface area contributed by atoms with Crippen molar-refractivity contribution in [2.24, 2.45) is 0 Å². The van der Waals surface area contributed by atoms with E-state index in [1.54, 1.807) is 6.20 Å². The van der Waals surface area contributed by atoms with Crippen molar-refractivity contribution in [3.05, 3.63) is 58.4 Å². The molecule has 3 rings (SSSR count). The largest absolute Gasteiger partial charge is 0.491 e. The number of fused-ring (bicyclic) bond motifs is 1. The molecule has 2 aromatic rings. The molecule has 0 aliphatic carbocycles. The minimum Gasteiger partial charge on any atom is -0.423 e. The van der Waals surface area contributed by atoms with E-state index < -0.39 is 7.12 Å². The van der Waals surface area contributed by atoms with E-state index in [1.807, 2.05) is 38.1 Å². The van der Waals surface area contributed by atoms with Crippen molar-refractivity contribution in [3.63, 3.8) is 0 Å². The summed E-state index contributed by atoms with van der Waals surface area (Å²) < 4.78 is 5.24. The topological polar surface area (TPSA) is 59.4 Å². The van der Waals surface area contributed by atoms with Gasteiger partial charge in [-0.1, -0.05) is 18.2 Å². The van der Waals surface area contributed by atoms with E-state index in [-0.39, 0.29) is 5.78 Å². The van der Waals surface area contributed by atoms with Crippen molar-refractivity contribution in [3.8, 4) is 0 Å². The van der Waals surface area contributed by atoms with E-state index in [9.17, 15) is 9.82 Å². The number of carbonyl (C=O) groups excluding carboxylic acids is 1. The first kappa shape index (κ1) is 14.9. The van der Waals surface area contributed by atoms with Gasteiger partial charge in [0, 0.05) is 30.5 Å². The Morgan fingerprint density at radius 2 is 2.18 bits per heavy atom. The third kappa shape index (κ3) is 2.96. The Morgan fingerprint density at radius 3 is 2.95 bits per heavy atom. The van der Waals surface area contributed by atoms with Crippen LogP contribution in [0.15, 0.2) is 30.5 Å². The summed E-state index contributed by atoms with van der Waals surface area (Å²) in [6.07, 6.45) is 2.73. The molecule has 0 spiro atoms. The molecule has 4 nitrogen and oxygen atoms in total. The molecule has 2 heterocycles. The third-order valence-electron chi connectivity index (χ3n) is 4.04. The summed E-state index contributed by atoms with van der Waals surface area (Å²) in [5, 5.41) is 9.89. The van der Waals surface area contributed by atoms with Gasteiger partial charge in [-0.25, -0.2) is 0 Å². The van der Waals surface area contributed by atoms with Crippen LogP contribution in [0.3, 0.4) is 0 Å². The molecule has 0 atom stereocenters. The first-order valence-corrected chi connectivity index (χ1v) is 7.42. The van der Waals surface area contributed by atoms with Crippen molar-refractivity contribution in [1.82, 2.24) is 4.98 Å². The van der Waals surface area contributed by atoms with Gasteiger partial charge in [0.1, 0.15) is 0 Å². The molecule has 0 unspecified atom stereocenters. The summed E-state index contributed by atoms with van der Waals surface area (Å²) in [6.45, 7) is 4.36. The molecule has 22 heavy (non-hydrogen) atoms. The third-order valence-corrected chi connectivity index (χ3v) is 4.04. The average Bonchev–Trinajstić information content (AvgIpc) is 2.48. The molecule has 0 radical (unpaired) electrons. The number of Topliss-reactive ketones (excluding diaryl/α,β-unsaturated/α-hetero) is 1. The van der Waals surface area contributed by atoms with Crippen LogP contribution in [0, 0.1) is 13.8 Å². The summed E-state index contributed by atoms with van der Waals surface area (Å²) >= 11 is 0. The van der Waals surface area contributed by atoms with Crippen LogP contribution in [-0.4, -0.2) is 29.5 Å². The maximum atomic E-state index is 12.5. The average molecular weight is 295 g/mol. The van der Waals surface area contributed by atoms with Gasteiger partial charge in [-0.2, -0.15) is 0 Å². The second-order valence-electron chi connectivity index (χ2n) is 5.75. The predicted molar refractivity (Wildman–Crippen MR) is 85.5 cm³/mol. The molecule has 1 aromatic heterocycles. The van der Waals surface area contributed by atoms with Crippen molar-refractivity contribution in [2.45, 2.75) is 26.7 Å². The summed E-state index contributed by atoms with van der Waals surface area (Å²) in [4.78, 5) is 16.7. The number of aromatic nitrogens is 1. The van der Waals surface area contributed by atoms with Crippen LogP contribution in [0.5, 0.6) is 0 Å². The number of pyridine rings is 1. The highest BCUT2D eigenvalue weighted by molar-refractivity contribution is 6.60. The quantitative estimate of drug-likeness (QED) is 0.686. The van der Waals surface area contributed by atoms with E-state index in [2.05, 4.69) is 4.98 Å². The van der Waals surface area contributed by atoms with Crippen LogP contribution >= 0.6 is 0 Å². The van der Waals surface area contributed by atoms with E-state index in [0.717, 1.165) is 34.3 Å². The summed E-state index contributed by atoms with van der Waals surface area (Å²) in [5.41, 5.74) is 5.24. The lowest BCUT2D eigenvalue weighted by molar-refractivity contribution is 0.0992. The van der Waals surface area contributed by atoms with E-state index in [1.165, 1.54) is 0 Å². The van der Waals surface area contributed by atoms with Crippen molar-refractivity contribution < 1.29 is 14.5 Å². The Balaban J connectivity index is 1.84. The van der Waals surface area contributed by atoms with Crippen LogP contribution in [-0.2, 0) is 17.5 Å². The molecule has 0 saturated carbocycles. The standard InChI is InChI=1S/C17H18BNO3/c1-11-7-12(2)19-10-15(11)17(20)9-13-3-4-14-5-6-22-18(21)16(14)8-13/h3-4,7-8,10,21H,5-6,9H2,1-2H3. The first-order chi connectivity index (χ1) is 10.5. The number of carbonyl (C=O) groups is 1. The summed E-state index contributed by atoms with van der Waals surface area (Å²) in [7, 11) is -0.887. The lowest BCUT2D eigenvalue weighted by Gasteiger charge is -2.19. The smallest absolute Gasteiger partial charge is 0.423 e. The summed E-state index contributed by atoms with van der Waals surface area (Å²) in [5.74, 6) is 0.0381. The maximum absolute atomic E-state index is 12.5. The van der Waals surface area contributed by atoms with E-state index in [4.69, 9.17) is 4.65 Å². The maximum Gasteiger partial charge on any atom is 0.491 e. The second-order valence-corrected chi connectivity index (χ2v) is 5.75. The van der Waals surface area contributed by atoms with Gasteiger partial charge < -0.3 is 9.68 Å². The minimum absolute atomic E-state index is 0.0381. The Morgan fingerprint density at radius 1 is 1.36 bits per heavy atom. The molecule has 5 heteroatoms. The number of benzene rings is 1. The van der Waals surface area contributed by atoms with E-state index >= 15 is 0 Å². The van der Waals surface area contributed by atoms with Crippen LogP contribution in [0.25, 0.3) is 0 Å². The monoisotopic (exact) mass is 295 g/mol. The van der Waals surface area contributed by atoms with Crippen LogP contribution in [0.1, 0.15) is 32.7 Å². The predicted octanol–water partition coefficient (Wildman–Crippen LogP) is 1.38. The Kier molecular flexibility index (Phi) is 4.09. The van der Waals surface area contributed by atoms with Crippen LogP contribution in [0.2, 0.25) is 0 Å². The van der Waals surface area contributed by atoms with Crippen LogP contribution in [0.4, 0.5) is 0 Å². The van der Waals surface area contributed by atoms with Gasteiger partial charge in [-0.15, -0.1) is 0 Å². The van der Waals surface area contributed by atoms with Gasteiger partial charge in [0.25, 0.3) is 0 Å². The number of ketones is 1. The van der Waals surface area contributed by atoms with Gasteiger partial charge in [0.05, 0.1) is 0 Å². The van der Waals surface area contributed by atoms with Gasteiger partial charge in [-0.05, 0) is 48.5 Å². The van der Waals surface area contributed by atoms with E-state index in [0.29, 0.717) is 18.6 Å². The Labute approximate surface area is 130 Å². The van der Waals surface area contributed by atoms with Crippen LogP contribution < -0.4 is 5.46 Å². The number of rotatable bonds is 3. The van der Waals surface area contributed by atoms with Gasteiger partial charge in [0.15, 0.2) is 5.78 Å². The minimum atomic E-state index is -0.887. The molecule has 0 bridgehead atoms. The zero-order valence-electron chi connectivity index (χ0n) is 12.8. The number of hydrogen-bond acceptors (Lipinski definition) is 4. The zero-order valence-corrected chi connectivity index (χ0v) is 12.8. The molecule has 1 aliphatic heterocycles. The fraction of sp³-hybridized carbons (Fsp3) is 0.294. The molecule has 1 aromatic carbocycles. The lowest BCUT2D eigenvalue weighted by Crippen LogP contribution is -2.41.